The van der Waals surface area contributed by atoms with Crippen LogP contribution in [0.3, 0.4) is 0 Å². The van der Waals surface area contributed by atoms with E-state index in [2.05, 4.69) is 65.3 Å². The summed E-state index contributed by atoms with van der Waals surface area (Å²) in [6, 6.07) is 19.0. The fourth-order valence-electron chi connectivity index (χ4n) is 4.84. The van der Waals surface area contributed by atoms with Crippen molar-refractivity contribution in [3.05, 3.63) is 71.3 Å². The molecule has 29 heavy (non-hydrogen) atoms. The van der Waals surface area contributed by atoms with Crippen molar-refractivity contribution in [2.24, 2.45) is 5.92 Å². The molecule has 1 aliphatic carbocycles. The number of aryl methyl sites for hydroxylation is 1. The zero-order valence-electron chi connectivity index (χ0n) is 17.5. The molecule has 1 saturated heterocycles. The van der Waals surface area contributed by atoms with Crippen LogP contribution < -0.4 is 0 Å². The molecule has 1 heterocycles. The normalized spacial score (nSPS) is 24.2. The fourth-order valence-corrected chi connectivity index (χ4v) is 4.84. The summed E-state index contributed by atoms with van der Waals surface area (Å²) >= 11 is 0. The Hall–Kier alpha value is -1.72. The van der Waals surface area contributed by atoms with Crippen LogP contribution in [-0.4, -0.2) is 60.8 Å². The van der Waals surface area contributed by atoms with Crippen LogP contribution in [0.4, 0.5) is 0 Å². The Kier molecular flexibility index (Phi) is 6.98. The van der Waals surface area contributed by atoms with Gasteiger partial charge in [-0.3, -0.25) is 4.90 Å². The number of fused-ring (bicyclic) bond motifs is 1. The molecule has 0 aromatic heterocycles. The predicted molar refractivity (Wildman–Crippen MR) is 117 cm³/mol. The van der Waals surface area contributed by atoms with Crippen LogP contribution >= 0.6 is 0 Å². The maximum Gasteiger partial charge on any atom is 0.0951 e. The summed E-state index contributed by atoms with van der Waals surface area (Å²) in [5, 5.41) is 10.9. The second-order valence-electron chi connectivity index (χ2n) is 8.40. The first-order valence-corrected chi connectivity index (χ1v) is 11.1. The van der Waals surface area contributed by atoms with Gasteiger partial charge in [0.05, 0.1) is 12.2 Å². The van der Waals surface area contributed by atoms with Gasteiger partial charge >= 0.3 is 0 Å². The lowest BCUT2D eigenvalue weighted by Gasteiger charge is -2.39. The van der Waals surface area contributed by atoms with E-state index in [-0.39, 0.29) is 12.2 Å². The van der Waals surface area contributed by atoms with Gasteiger partial charge in [-0.2, -0.15) is 0 Å². The third-order valence-corrected chi connectivity index (χ3v) is 6.53. The van der Waals surface area contributed by atoms with Gasteiger partial charge in [-0.05, 0) is 36.5 Å². The number of aliphatic hydroxyl groups is 1. The molecule has 0 spiro atoms. The van der Waals surface area contributed by atoms with Crippen LogP contribution in [0.5, 0.6) is 0 Å². The lowest BCUT2D eigenvalue weighted by Crippen LogP contribution is -2.49. The minimum atomic E-state index is -0.321. The molecule has 2 aromatic carbocycles. The van der Waals surface area contributed by atoms with Crippen LogP contribution in [-0.2, 0) is 11.2 Å². The van der Waals surface area contributed by atoms with Gasteiger partial charge in [-0.15, -0.1) is 0 Å². The molecule has 3 atom stereocenters. The van der Waals surface area contributed by atoms with Crippen LogP contribution in [0.1, 0.15) is 42.2 Å². The highest BCUT2D eigenvalue weighted by Gasteiger charge is 2.30. The molecule has 0 amide bonds. The van der Waals surface area contributed by atoms with Crippen molar-refractivity contribution in [2.45, 2.75) is 32.0 Å². The van der Waals surface area contributed by atoms with Crippen molar-refractivity contribution in [3.8, 4) is 0 Å². The van der Waals surface area contributed by atoms with E-state index in [0.717, 1.165) is 64.3 Å². The molecular formula is C25H34N2O2. The van der Waals surface area contributed by atoms with Crippen molar-refractivity contribution in [3.63, 3.8) is 0 Å². The molecular weight excluding hydrogens is 360 g/mol. The van der Waals surface area contributed by atoms with E-state index in [9.17, 15) is 5.11 Å². The van der Waals surface area contributed by atoms with Crippen LogP contribution in [0.25, 0.3) is 0 Å². The number of hydrogen-bond acceptors (Lipinski definition) is 4. The SMILES string of the molecule is CCOC(CN1CCN(CC2CCc3ccccc3C2O)CC1)c1ccccc1. The second kappa shape index (κ2) is 9.86. The largest absolute Gasteiger partial charge is 0.388 e. The number of rotatable bonds is 7. The van der Waals surface area contributed by atoms with Gasteiger partial charge in [-0.1, -0.05) is 54.6 Å². The van der Waals surface area contributed by atoms with E-state index in [1.807, 2.05) is 6.07 Å². The van der Waals surface area contributed by atoms with Gasteiger partial charge in [0.2, 0.25) is 0 Å². The highest BCUT2D eigenvalue weighted by molar-refractivity contribution is 5.31. The third kappa shape index (κ3) is 5.07. The first-order chi connectivity index (χ1) is 14.2. The first kappa shape index (κ1) is 20.5. The Morgan fingerprint density at radius 3 is 2.41 bits per heavy atom. The minimum Gasteiger partial charge on any atom is -0.388 e. The number of aliphatic hydroxyl groups excluding tert-OH is 1. The van der Waals surface area contributed by atoms with E-state index in [0.29, 0.717) is 5.92 Å². The Morgan fingerprint density at radius 1 is 0.966 bits per heavy atom. The Morgan fingerprint density at radius 2 is 1.66 bits per heavy atom. The molecule has 1 fully saturated rings. The summed E-state index contributed by atoms with van der Waals surface area (Å²) in [6.45, 7) is 9.02. The van der Waals surface area contributed by atoms with Gasteiger partial charge in [0.25, 0.3) is 0 Å². The van der Waals surface area contributed by atoms with Crippen molar-refractivity contribution in [2.75, 3.05) is 45.9 Å². The van der Waals surface area contributed by atoms with Crippen LogP contribution in [0.2, 0.25) is 0 Å². The van der Waals surface area contributed by atoms with E-state index >= 15 is 0 Å². The fraction of sp³-hybridized carbons (Fsp3) is 0.520. The van der Waals surface area contributed by atoms with Crippen molar-refractivity contribution in [1.82, 2.24) is 9.80 Å². The van der Waals surface area contributed by atoms with Crippen molar-refractivity contribution >= 4 is 0 Å². The molecule has 4 rings (SSSR count). The molecule has 2 aliphatic rings. The summed E-state index contributed by atoms with van der Waals surface area (Å²) in [4.78, 5) is 5.06. The zero-order chi connectivity index (χ0) is 20.1. The number of nitrogens with zero attached hydrogens (tertiary/aromatic N) is 2. The van der Waals surface area contributed by atoms with Gasteiger partial charge in [0.1, 0.15) is 0 Å². The first-order valence-electron chi connectivity index (χ1n) is 11.1. The van der Waals surface area contributed by atoms with Crippen molar-refractivity contribution in [1.29, 1.82) is 0 Å². The Bertz CT molecular complexity index is 758. The summed E-state index contributed by atoms with van der Waals surface area (Å²) in [7, 11) is 0. The maximum absolute atomic E-state index is 10.9. The topological polar surface area (TPSA) is 35.9 Å². The van der Waals surface area contributed by atoms with Gasteiger partial charge in [0.15, 0.2) is 0 Å². The van der Waals surface area contributed by atoms with Crippen molar-refractivity contribution < 1.29 is 9.84 Å². The molecule has 4 nitrogen and oxygen atoms in total. The summed E-state index contributed by atoms with van der Waals surface area (Å²) in [5.74, 6) is 0.344. The quantitative estimate of drug-likeness (QED) is 0.777. The number of piperazine rings is 1. The van der Waals surface area contributed by atoms with E-state index in [1.54, 1.807) is 0 Å². The van der Waals surface area contributed by atoms with Gasteiger partial charge in [0, 0.05) is 51.8 Å². The van der Waals surface area contributed by atoms with Gasteiger partial charge < -0.3 is 14.7 Å². The molecule has 0 saturated carbocycles. The predicted octanol–water partition coefficient (Wildman–Crippen LogP) is 3.68. The summed E-state index contributed by atoms with van der Waals surface area (Å²) in [5.41, 5.74) is 3.73. The van der Waals surface area contributed by atoms with Crippen LogP contribution in [0.15, 0.2) is 54.6 Å². The molecule has 3 unspecified atom stereocenters. The average Bonchev–Trinajstić information content (AvgIpc) is 2.77. The maximum atomic E-state index is 10.9. The highest BCUT2D eigenvalue weighted by atomic mass is 16.5. The lowest BCUT2D eigenvalue weighted by atomic mass is 9.81. The summed E-state index contributed by atoms with van der Waals surface area (Å²) in [6.07, 6.45) is 1.99. The number of ether oxygens (including phenoxy) is 1. The molecule has 0 radical (unpaired) electrons. The molecule has 4 heteroatoms. The molecule has 1 aliphatic heterocycles. The van der Waals surface area contributed by atoms with E-state index < -0.39 is 0 Å². The highest BCUT2D eigenvalue weighted by Crippen LogP contribution is 2.34. The molecule has 1 N–H and O–H groups in total. The smallest absolute Gasteiger partial charge is 0.0951 e. The lowest BCUT2D eigenvalue weighted by molar-refractivity contribution is 0.00926. The standard InChI is InChI=1S/C25H34N2O2/c1-2-29-24(21-9-4-3-5-10-21)19-27-16-14-26(15-17-27)18-22-13-12-20-8-6-7-11-23(20)25(22)28/h3-11,22,24-25,28H,2,12-19H2,1H3. The average molecular weight is 395 g/mol. The third-order valence-electron chi connectivity index (χ3n) is 6.53. The number of benzene rings is 2. The minimum absolute atomic E-state index is 0.143. The summed E-state index contributed by atoms with van der Waals surface area (Å²) < 4.78 is 6.04. The Balaban J connectivity index is 1.28. The zero-order valence-corrected chi connectivity index (χ0v) is 17.5. The monoisotopic (exact) mass is 394 g/mol. The molecule has 156 valence electrons. The van der Waals surface area contributed by atoms with Crippen LogP contribution in [0, 0.1) is 5.92 Å². The molecule has 0 bridgehead atoms. The second-order valence-corrected chi connectivity index (χ2v) is 8.40. The van der Waals surface area contributed by atoms with E-state index in [4.69, 9.17) is 4.74 Å². The number of hydrogen-bond donors (Lipinski definition) is 1. The Labute approximate surface area is 175 Å². The van der Waals surface area contributed by atoms with E-state index in [1.165, 1.54) is 11.1 Å². The molecule has 2 aromatic rings. The van der Waals surface area contributed by atoms with Gasteiger partial charge in [-0.25, -0.2) is 0 Å².